The maximum absolute atomic E-state index is 14.5. The van der Waals surface area contributed by atoms with Crippen LogP contribution in [0.3, 0.4) is 0 Å². The van der Waals surface area contributed by atoms with Crippen LogP contribution in [0, 0.1) is 12.7 Å². The van der Waals surface area contributed by atoms with Gasteiger partial charge in [0.25, 0.3) is 11.5 Å². The quantitative estimate of drug-likeness (QED) is 0.428. The molecule has 0 saturated heterocycles. The fourth-order valence-electron chi connectivity index (χ4n) is 3.10. The summed E-state index contributed by atoms with van der Waals surface area (Å²) in [6, 6.07) is 11.0. The van der Waals surface area contributed by atoms with Gasteiger partial charge in [-0.05, 0) is 48.9 Å². The third kappa shape index (κ3) is 4.54. The van der Waals surface area contributed by atoms with E-state index < -0.39 is 40.5 Å². The van der Waals surface area contributed by atoms with Crippen LogP contribution in [0.2, 0.25) is 0 Å². The third-order valence-electron chi connectivity index (χ3n) is 4.71. The number of benzene rings is 2. The van der Waals surface area contributed by atoms with Crippen molar-refractivity contribution in [3.63, 3.8) is 0 Å². The average Bonchev–Trinajstić information content (AvgIpc) is 2.75. The summed E-state index contributed by atoms with van der Waals surface area (Å²) < 4.78 is 60.2. The number of nitrogens with one attached hydrogen (secondary N) is 1. The summed E-state index contributed by atoms with van der Waals surface area (Å²) in [5.74, 6) is -2.86. The lowest BCUT2D eigenvalue weighted by atomic mass is 10.2. The van der Waals surface area contributed by atoms with Crippen molar-refractivity contribution >= 4 is 17.2 Å². The number of fused-ring (bicyclic) bond motifs is 1. The van der Waals surface area contributed by atoms with Crippen molar-refractivity contribution in [1.82, 2.24) is 9.38 Å². The Morgan fingerprint density at radius 3 is 2.55 bits per heavy atom. The maximum Gasteiger partial charge on any atom is 0.419 e. The molecule has 0 atom stereocenters. The lowest BCUT2D eigenvalue weighted by molar-refractivity contribution is -0.138. The number of carbonyl (C=O) groups excluding carboxylic acids is 1. The van der Waals surface area contributed by atoms with E-state index in [2.05, 4.69) is 10.3 Å². The highest BCUT2D eigenvalue weighted by molar-refractivity contribution is 6.03. The van der Waals surface area contributed by atoms with Crippen LogP contribution >= 0.6 is 0 Å². The minimum atomic E-state index is -4.68. The molecule has 4 aromatic rings. The van der Waals surface area contributed by atoms with Gasteiger partial charge >= 0.3 is 6.18 Å². The van der Waals surface area contributed by atoms with E-state index in [9.17, 15) is 27.2 Å². The molecule has 2 aromatic carbocycles. The molecule has 0 aliphatic carbocycles. The van der Waals surface area contributed by atoms with Crippen LogP contribution < -0.4 is 15.6 Å². The molecule has 0 spiro atoms. The van der Waals surface area contributed by atoms with Gasteiger partial charge in [0.1, 0.15) is 17.0 Å². The number of halogens is 4. The summed E-state index contributed by atoms with van der Waals surface area (Å²) in [4.78, 5) is 29.2. The molecule has 1 N–H and O–H groups in total. The van der Waals surface area contributed by atoms with Gasteiger partial charge in [0.2, 0.25) is 0 Å². The Balaban J connectivity index is 1.57. The molecule has 0 bridgehead atoms. The molecule has 0 unspecified atom stereocenters. The number of nitrogens with zero attached hydrogens (tertiary/aromatic N) is 2. The van der Waals surface area contributed by atoms with Crippen molar-refractivity contribution in [3.05, 3.63) is 99.9 Å². The van der Waals surface area contributed by atoms with E-state index in [4.69, 9.17) is 4.74 Å². The molecule has 0 aliphatic heterocycles. The molecule has 0 radical (unpaired) electrons. The molecule has 2 heterocycles. The molecule has 0 aliphatic rings. The van der Waals surface area contributed by atoms with Gasteiger partial charge in [-0.3, -0.25) is 14.0 Å². The number of hydrogen-bond donors (Lipinski definition) is 1. The van der Waals surface area contributed by atoms with Crippen molar-refractivity contribution in [2.24, 2.45) is 0 Å². The molecule has 10 heteroatoms. The Bertz CT molecular complexity index is 1430. The summed E-state index contributed by atoms with van der Waals surface area (Å²) in [5, 5.41) is 2.37. The van der Waals surface area contributed by atoms with Crippen LogP contribution in [0.4, 0.5) is 23.2 Å². The van der Waals surface area contributed by atoms with Crippen molar-refractivity contribution in [1.29, 1.82) is 0 Å². The number of ether oxygens (including phenoxy) is 1. The Morgan fingerprint density at radius 2 is 1.82 bits per heavy atom. The van der Waals surface area contributed by atoms with E-state index in [-0.39, 0.29) is 11.3 Å². The largest absolute Gasteiger partial charge is 0.454 e. The number of pyridine rings is 1. The van der Waals surface area contributed by atoms with Gasteiger partial charge in [0, 0.05) is 24.1 Å². The van der Waals surface area contributed by atoms with Gasteiger partial charge in [-0.1, -0.05) is 12.1 Å². The highest BCUT2D eigenvalue weighted by Gasteiger charge is 2.34. The number of carbonyl (C=O) groups is 1. The van der Waals surface area contributed by atoms with Crippen LogP contribution in [0.1, 0.15) is 21.5 Å². The molecule has 4 rings (SSSR count). The first kappa shape index (κ1) is 22.0. The van der Waals surface area contributed by atoms with E-state index >= 15 is 0 Å². The fourth-order valence-corrected chi connectivity index (χ4v) is 3.10. The second kappa shape index (κ2) is 8.38. The van der Waals surface area contributed by atoms with Gasteiger partial charge in [0.15, 0.2) is 11.6 Å². The van der Waals surface area contributed by atoms with Crippen molar-refractivity contribution in [2.45, 2.75) is 13.1 Å². The van der Waals surface area contributed by atoms with Gasteiger partial charge in [0.05, 0.1) is 5.56 Å². The normalized spacial score (nSPS) is 11.4. The third-order valence-corrected chi connectivity index (χ3v) is 4.71. The summed E-state index contributed by atoms with van der Waals surface area (Å²) >= 11 is 0. The van der Waals surface area contributed by atoms with Gasteiger partial charge in [-0.25, -0.2) is 9.37 Å². The average molecular weight is 457 g/mol. The first-order chi connectivity index (χ1) is 15.6. The highest BCUT2D eigenvalue weighted by atomic mass is 19.4. The molecule has 0 saturated carbocycles. The Kier molecular flexibility index (Phi) is 5.59. The lowest BCUT2D eigenvalue weighted by Crippen LogP contribution is -2.26. The van der Waals surface area contributed by atoms with Crippen LogP contribution in [-0.4, -0.2) is 15.3 Å². The number of para-hydroxylation sites is 1. The fraction of sp³-hybridized carbons (Fsp3) is 0.0870. The standard InChI is InChI=1S/C23H15F4N3O3/c1-13-8-9-30-20(10-13)28-12-15(22(30)32)21(31)29-14-6-7-19(17(24)11-14)33-18-5-3-2-4-16(18)23(25,26)27/h2-12H,1H3,(H,29,31). The van der Waals surface area contributed by atoms with Gasteiger partial charge < -0.3 is 10.1 Å². The van der Waals surface area contributed by atoms with E-state index in [1.54, 1.807) is 12.1 Å². The summed E-state index contributed by atoms with van der Waals surface area (Å²) in [5.41, 5.74) is -0.709. The van der Waals surface area contributed by atoms with Crippen molar-refractivity contribution < 1.29 is 27.1 Å². The molecule has 168 valence electrons. The number of alkyl halides is 3. The number of anilines is 1. The number of aryl methyl sites for hydroxylation is 1. The van der Waals surface area contributed by atoms with Gasteiger partial charge in [-0.15, -0.1) is 0 Å². The monoisotopic (exact) mass is 457 g/mol. The van der Waals surface area contributed by atoms with Crippen LogP contribution in [-0.2, 0) is 6.18 Å². The molecule has 2 aromatic heterocycles. The Morgan fingerprint density at radius 1 is 1.06 bits per heavy atom. The van der Waals surface area contributed by atoms with Crippen LogP contribution in [0.5, 0.6) is 11.5 Å². The predicted molar refractivity (Wildman–Crippen MR) is 112 cm³/mol. The molecular weight excluding hydrogens is 442 g/mol. The summed E-state index contributed by atoms with van der Waals surface area (Å²) in [6.45, 7) is 1.83. The summed E-state index contributed by atoms with van der Waals surface area (Å²) in [6.07, 6.45) is -2.07. The smallest absolute Gasteiger partial charge is 0.419 e. The summed E-state index contributed by atoms with van der Waals surface area (Å²) in [7, 11) is 0. The maximum atomic E-state index is 14.5. The zero-order valence-corrected chi connectivity index (χ0v) is 17.0. The van der Waals surface area contributed by atoms with E-state index in [0.717, 1.165) is 36.0 Å². The Labute approximate surface area is 184 Å². The van der Waals surface area contributed by atoms with E-state index in [0.29, 0.717) is 5.65 Å². The van der Waals surface area contributed by atoms with Gasteiger partial charge in [-0.2, -0.15) is 13.2 Å². The predicted octanol–water partition coefficient (Wildman–Crippen LogP) is 5.21. The number of rotatable bonds is 4. The number of aromatic nitrogens is 2. The molecule has 6 nitrogen and oxygen atoms in total. The second-order valence-electron chi connectivity index (χ2n) is 7.10. The highest BCUT2D eigenvalue weighted by Crippen LogP contribution is 2.38. The van der Waals surface area contributed by atoms with Crippen LogP contribution in [0.15, 0.2) is 71.8 Å². The number of amides is 1. The van der Waals surface area contributed by atoms with Crippen molar-refractivity contribution in [2.75, 3.05) is 5.32 Å². The van der Waals surface area contributed by atoms with Crippen LogP contribution in [0.25, 0.3) is 5.65 Å². The Hall–Kier alpha value is -4.21. The molecule has 33 heavy (non-hydrogen) atoms. The topological polar surface area (TPSA) is 72.7 Å². The second-order valence-corrected chi connectivity index (χ2v) is 7.10. The minimum absolute atomic E-state index is 0.0256. The molecule has 0 fully saturated rings. The number of hydrogen-bond acceptors (Lipinski definition) is 4. The van der Waals surface area contributed by atoms with Crippen molar-refractivity contribution in [3.8, 4) is 11.5 Å². The minimum Gasteiger partial charge on any atom is -0.454 e. The zero-order valence-electron chi connectivity index (χ0n) is 17.0. The SMILES string of the molecule is Cc1ccn2c(=O)c(C(=O)Nc3ccc(Oc4ccccc4C(F)(F)F)c(F)c3)cnc2c1. The molecule has 1 amide bonds. The lowest BCUT2D eigenvalue weighted by Gasteiger charge is -2.14. The van der Waals surface area contributed by atoms with E-state index in [1.807, 2.05) is 6.92 Å². The zero-order chi connectivity index (χ0) is 23.8. The first-order valence-corrected chi connectivity index (χ1v) is 9.56. The van der Waals surface area contributed by atoms with E-state index in [1.165, 1.54) is 28.8 Å². The molecular formula is C23H15F4N3O3. The first-order valence-electron chi connectivity index (χ1n) is 9.56.